The number of rotatable bonds is 2. The lowest BCUT2D eigenvalue weighted by Crippen LogP contribution is -2.59. The fourth-order valence-electron chi connectivity index (χ4n) is 5.19. The zero-order valence-corrected chi connectivity index (χ0v) is 16.8. The number of hydrogen-bond acceptors (Lipinski definition) is 4. The van der Waals surface area contributed by atoms with E-state index in [1.165, 1.54) is 0 Å². The molecule has 150 valence electrons. The highest BCUT2D eigenvalue weighted by molar-refractivity contribution is 6.32. The van der Waals surface area contributed by atoms with Crippen molar-refractivity contribution in [1.82, 2.24) is 19.3 Å². The van der Waals surface area contributed by atoms with Crippen LogP contribution in [0, 0.1) is 5.92 Å². The largest absolute Gasteiger partial charge is 0.385 e. The zero-order valence-electron chi connectivity index (χ0n) is 16.0. The van der Waals surface area contributed by atoms with Gasteiger partial charge in [-0.05, 0) is 30.9 Å². The standard InChI is InChI=1S/C22H23ClN4O2/c23-18-19-24-12-6-13-27(19)20(25-18)21(28)26-14-11-22(29,15-7-2-1-3-8-15)16-9-4-5-10-17(16)26/h1-3,6-8,12-13,16-17,29H,4-5,9-11,14H2/t16-,17+,22?/m1/s1. The molecular formula is C22H23ClN4O2. The van der Waals surface area contributed by atoms with E-state index in [0.29, 0.717) is 18.6 Å². The van der Waals surface area contributed by atoms with Gasteiger partial charge in [0.05, 0.1) is 5.60 Å². The van der Waals surface area contributed by atoms with Crippen molar-refractivity contribution >= 4 is 23.2 Å². The first-order valence-corrected chi connectivity index (χ1v) is 10.5. The fraction of sp³-hybridized carbons (Fsp3) is 0.409. The molecular weight excluding hydrogens is 388 g/mol. The van der Waals surface area contributed by atoms with Gasteiger partial charge in [-0.1, -0.05) is 54.8 Å². The summed E-state index contributed by atoms with van der Waals surface area (Å²) >= 11 is 6.22. The summed E-state index contributed by atoms with van der Waals surface area (Å²) in [6.07, 6.45) is 7.83. The molecule has 1 saturated heterocycles. The Morgan fingerprint density at radius 1 is 1.17 bits per heavy atom. The van der Waals surface area contributed by atoms with Crippen molar-refractivity contribution in [3.63, 3.8) is 0 Å². The number of imidazole rings is 1. The van der Waals surface area contributed by atoms with Gasteiger partial charge in [0.15, 0.2) is 10.8 Å². The number of carbonyl (C=O) groups excluding carboxylic acids is 1. The number of aromatic nitrogens is 3. The minimum atomic E-state index is -0.906. The predicted molar refractivity (Wildman–Crippen MR) is 110 cm³/mol. The molecule has 3 heterocycles. The van der Waals surface area contributed by atoms with Crippen molar-refractivity contribution in [2.45, 2.75) is 43.7 Å². The minimum absolute atomic E-state index is 0.0103. The molecule has 2 fully saturated rings. The Kier molecular flexibility index (Phi) is 4.56. The number of nitrogens with zero attached hydrogens (tertiary/aromatic N) is 4. The Balaban J connectivity index is 1.51. The van der Waals surface area contributed by atoms with Crippen molar-refractivity contribution in [1.29, 1.82) is 0 Å². The summed E-state index contributed by atoms with van der Waals surface area (Å²) in [5.74, 6) is 0.149. The van der Waals surface area contributed by atoms with Crippen LogP contribution < -0.4 is 0 Å². The van der Waals surface area contributed by atoms with Crippen LogP contribution >= 0.6 is 11.6 Å². The Hall–Kier alpha value is -2.44. The molecule has 2 aliphatic rings. The second-order valence-electron chi connectivity index (χ2n) is 8.04. The van der Waals surface area contributed by atoms with Gasteiger partial charge in [0.1, 0.15) is 0 Å². The van der Waals surface area contributed by atoms with E-state index >= 15 is 0 Å². The summed E-state index contributed by atoms with van der Waals surface area (Å²) in [4.78, 5) is 23.9. The van der Waals surface area contributed by atoms with Gasteiger partial charge in [-0.3, -0.25) is 9.20 Å². The fourth-order valence-corrected chi connectivity index (χ4v) is 5.41. The van der Waals surface area contributed by atoms with E-state index in [1.54, 1.807) is 22.9 Å². The molecule has 7 heteroatoms. The summed E-state index contributed by atoms with van der Waals surface area (Å²) < 4.78 is 1.65. The number of fused-ring (bicyclic) bond motifs is 2. The molecule has 0 radical (unpaired) electrons. The Labute approximate surface area is 174 Å². The van der Waals surface area contributed by atoms with E-state index in [-0.39, 0.29) is 28.8 Å². The van der Waals surface area contributed by atoms with E-state index in [1.807, 2.05) is 35.2 Å². The molecule has 1 amide bonds. The molecule has 1 saturated carbocycles. The van der Waals surface area contributed by atoms with Gasteiger partial charge in [-0.15, -0.1) is 0 Å². The van der Waals surface area contributed by atoms with Gasteiger partial charge < -0.3 is 10.0 Å². The topological polar surface area (TPSA) is 70.7 Å². The van der Waals surface area contributed by atoms with Crippen LogP contribution in [-0.2, 0) is 5.60 Å². The molecule has 0 bridgehead atoms. The Morgan fingerprint density at radius 2 is 1.97 bits per heavy atom. The minimum Gasteiger partial charge on any atom is -0.385 e. The lowest BCUT2D eigenvalue weighted by Gasteiger charge is -2.52. The third-order valence-corrected chi connectivity index (χ3v) is 6.82. The number of benzene rings is 1. The first kappa shape index (κ1) is 18.6. The number of amides is 1. The maximum absolute atomic E-state index is 13.5. The van der Waals surface area contributed by atoms with Crippen molar-refractivity contribution in [3.05, 3.63) is 65.3 Å². The summed E-state index contributed by atoms with van der Waals surface area (Å²) in [6, 6.07) is 11.6. The normalized spacial score (nSPS) is 27.0. The zero-order chi connectivity index (χ0) is 20.0. The van der Waals surface area contributed by atoms with E-state index in [2.05, 4.69) is 9.97 Å². The third-order valence-electron chi connectivity index (χ3n) is 6.57. The number of carbonyl (C=O) groups is 1. The lowest BCUT2D eigenvalue weighted by atomic mass is 9.66. The first-order valence-electron chi connectivity index (χ1n) is 10.2. The van der Waals surface area contributed by atoms with Crippen LogP contribution in [0.3, 0.4) is 0 Å². The highest BCUT2D eigenvalue weighted by Gasteiger charge is 2.50. The van der Waals surface area contributed by atoms with Crippen molar-refractivity contribution in [2.75, 3.05) is 6.54 Å². The summed E-state index contributed by atoms with van der Waals surface area (Å²) in [6.45, 7) is 0.484. The van der Waals surface area contributed by atoms with Gasteiger partial charge >= 0.3 is 0 Å². The summed E-state index contributed by atoms with van der Waals surface area (Å²) in [5, 5.41) is 11.9. The van der Waals surface area contributed by atoms with Crippen LogP contribution in [0.2, 0.25) is 5.15 Å². The van der Waals surface area contributed by atoms with E-state index in [9.17, 15) is 9.90 Å². The van der Waals surface area contributed by atoms with E-state index in [0.717, 1.165) is 31.2 Å². The lowest BCUT2D eigenvalue weighted by molar-refractivity contribution is -0.110. The number of piperidine rings is 1. The van der Waals surface area contributed by atoms with Crippen molar-refractivity contribution < 1.29 is 9.90 Å². The molecule has 29 heavy (non-hydrogen) atoms. The molecule has 6 nitrogen and oxygen atoms in total. The monoisotopic (exact) mass is 410 g/mol. The molecule has 1 aromatic carbocycles. The quantitative estimate of drug-likeness (QED) is 0.699. The maximum atomic E-state index is 13.5. The highest BCUT2D eigenvalue weighted by Crippen LogP contribution is 2.47. The molecule has 2 aromatic heterocycles. The molecule has 0 spiro atoms. The third kappa shape index (κ3) is 2.93. The van der Waals surface area contributed by atoms with Crippen LogP contribution in [0.25, 0.3) is 5.65 Å². The maximum Gasteiger partial charge on any atom is 0.290 e. The number of likely N-dealkylation sites (tertiary alicyclic amines) is 1. The van der Waals surface area contributed by atoms with Crippen molar-refractivity contribution in [2.24, 2.45) is 5.92 Å². The molecule has 1 unspecified atom stereocenters. The van der Waals surface area contributed by atoms with Gasteiger partial charge in [-0.25, -0.2) is 9.97 Å². The Morgan fingerprint density at radius 3 is 2.79 bits per heavy atom. The number of halogens is 1. The SMILES string of the molecule is O=C(c1nc(Cl)c2ncccn12)N1CCC(O)(c2ccccc2)[C@@H]2CCCC[C@@H]21. The second-order valence-corrected chi connectivity index (χ2v) is 8.39. The van der Waals surface area contributed by atoms with E-state index < -0.39 is 5.60 Å². The molecule has 5 rings (SSSR count). The van der Waals surface area contributed by atoms with Gasteiger partial charge in [0.25, 0.3) is 5.91 Å². The molecule has 1 aliphatic heterocycles. The average molecular weight is 411 g/mol. The van der Waals surface area contributed by atoms with Crippen LogP contribution in [0.1, 0.15) is 48.3 Å². The highest BCUT2D eigenvalue weighted by atomic mass is 35.5. The second kappa shape index (κ2) is 7.11. The summed E-state index contributed by atoms with van der Waals surface area (Å²) in [7, 11) is 0. The smallest absolute Gasteiger partial charge is 0.290 e. The molecule has 1 N–H and O–H groups in total. The molecule has 1 aliphatic carbocycles. The molecule has 3 aromatic rings. The van der Waals surface area contributed by atoms with Crippen LogP contribution in [0.4, 0.5) is 0 Å². The van der Waals surface area contributed by atoms with Crippen molar-refractivity contribution in [3.8, 4) is 0 Å². The average Bonchev–Trinajstić information content (AvgIpc) is 3.11. The Bertz CT molecular complexity index is 1050. The van der Waals surface area contributed by atoms with E-state index in [4.69, 9.17) is 11.6 Å². The van der Waals surface area contributed by atoms with Gasteiger partial charge in [0, 0.05) is 30.9 Å². The van der Waals surface area contributed by atoms with Crippen LogP contribution in [0.15, 0.2) is 48.8 Å². The van der Waals surface area contributed by atoms with Crippen LogP contribution in [-0.4, -0.2) is 42.9 Å². The first-order chi connectivity index (χ1) is 14.1. The van der Waals surface area contributed by atoms with Gasteiger partial charge in [0.2, 0.25) is 5.82 Å². The summed E-state index contributed by atoms with van der Waals surface area (Å²) in [5.41, 5.74) is 0.523. The van der Waals surface area contributed by atoms with Gasteiger partial charge in [-0.2, -0.15) is 0 Å². The van der Waals surface area contributed by atoms with Crippen LogP contribution in [0.5, 0.6) is 0 Å². The molecule has 3 atom stereocenters. The number of aliphatic hydroxyl groups is 1. The number of hydrogen-bond donors (Lipinski definition) is 1. The predicted octanol–water partition coefficient (Wildman–Crippen LogP) is 3.68.